The number of unbranched alkanes of at least 4 members (excludes halogenated alkanes) is 1. The molecular formula is C5H14NNaO. The molecule has 0 saturated carbocycles. The summed E-state index contributed by atoms with van der Waals surface area (Å²) in [6.45, 7) is 2.98. The SMILES string of the molecule is CCCCN.C[O-].[Na+]. The molecule has 0 amide bonds. The second-order valence-electron chi connectivity index (χ2n) is 1.14. The van der Waals surface area contributed by atoms with Gasteiger partial charge in [-0.3, -0.25) is 0 Å². The van der Waals surface area contributed by atoms with Crippen molar-refractivity contribution in [2.24, 2.45) is 5.73 Å². The monoisotopic (exact) mass is 127 g/mol. The summed E-state index contributed by atoms with van der Waals surface area (Å²) in [5.41, 5.74) is 5.14. The van der Waals surface area contributed by atoms with Gasteiger partial charge in [-0.15, -0.1) is 0 Å². The fourth-order valence-electron chi connectivity index (χ4n) is 0.204. The Morgan fingerprint density at radius 1 is 1.38 bits per heavy atom. The molecule has 0 radical (unpaired) electrons. The van der Waals surface area contributed by atoms with Gasteiger partial charge in [-0.25, -0.2) is 0 Å². The molecule has 2 N–H and O–H groups in total. The minimum absolute atomic E-state index is 0. The third kappa shape index (κ3) is 28.4. The van der Waals surface area contributed by atoms with E-state index in [1.165, 1.54) is 12.8 Å². The van der Waals surface area contributed by atoms with Crippen molar-refractivity contribution >= 4 is 0 Å². The molecule has 2 nitrogen and oxygen atoms in total. The molecule has 0 bridgehead atoms. The first kappa shape index (κ1) is 16.0. The molecule has 0 spiro atoms. The van der Waals surface area contributed by atoms with Crippen molar-refractivity contribution in [3.05, 3.63) is 0 Å². The van der Waals surface area contributed by atoms with Crippen LogP contribution in [0.5, 0.6) is 0 Å². The Kier molecular flexibility index (Phi) is 49.3. The normalized spacial score (nSPS) is 6.00. The average molecular weight is 127 g/mol. The van der Waals surface area contributed by atoms with E-state index in [0.717, 1.165) is 13.7 Å². The largest absolute Gasteiger partial charge is 1.00 e. The second-order valence-corrected chi connectivity index (χ2v) is 1.14. The van der Waals surface area contributed by atoms with Crippen LogP contribution in [0.25, 0.3) is 0 Å². The summed E-state index contributed by atoms with van der Waals surface area (Å²) in [5.74, 6) is 0. The van der Waals surface area contributed by atoms with Gasteiger partial charge in [0, 0.05) is 0 Å². The van der Waals surface area contributed by atoms with E-state index in [1.807, 2.05) is 0 Å². The van der Waals surface area contributed by atoms with Gasteiger partial charge in [0.25, 0.3) is 0 Å². The van der Waals surface area contributed by atoms with E-state index in [0.29, 0.717) is 0 Å². The Morgan fingerprint density at radius 2 is 1.75 bits per heavy atom. The third-order valence-electron chi connectivity index (χ3n) is 0.558. The maximum absolute atomic E-state index is 8.25. The van der Waals surface area contributed by atoms with Crippen molar-refractivity contribution in [1.29, 1.82) is 0 Å². The minimum Gasteiger partial charge on any atom is -0.857 e. The van der Waals surface area contributed by atoms with Gasteiger partial charge in [0.15, 0.2) is 0 Å². The van der Waals surface area contributed by atoms with Gasteiger partial charge in [0.2, 0.25) is 0 Å². The Morgan fingerprint density at radius 3 is 1.75 bits per heavy atom. The van der Waals surface area contributed by atoms with E-state index in [4.69, 9.17) is 10.8 Å². The molecule has 0 unspecified atom stereocenters. The topological polar surface area (TPSA) is 49.1 Å². The fourth-order valence-corrected chi connectivity index (χ4v) is 0.204. The number of hydrogen-bond donors (Lipinski definition) is 1. The van der Waals surface area contributed by atoms with Crippen LogP contribution in [0.2, 0.25) is 0 Å². The molecule has 46 valence electrons. The van der Waals surface area contributed by atoms with Gasteiger partial charge in [-0.2, -0.15) is 7.11 Å². The van der Waals surface area contributed by atoms with Crippen molar-refractivity contribution < 1.29 is 34.7 Å². The first-order valence-electron chi connectivity index (χ1n) is 2.52. The van der Waals surface area contributed by atoms with Crippen molar-refractivity contribution in [3.8, 4) is 0 Å². The van der Waals surface area contributed by atoms with Crippen LogP contribution in [0.1, 0.15) is 19.8 Å². The second kappa shape index (κ2) is 24.7. The van der Waals surface area contributed by atoms with Crippen molar-refractivity contribution in [2.75, 3.05) is 13.7 Å². The zero-order valence-electron chi connectivity index (χ0n) is 6.11. The van der Waals surface area contributed by atoms with Crippen LogP contribution < -0.4 is 40.4 Å². The molecule has 0 fully saturated rings. The first-order valence-corrected chi connectivity index (χ1v) is 2.52. The molecule has 0 aliphatic carbocycles. The van der Waals surface area contributed by atoms with E-state index in [9.17, 15) is 0 Å². The maximum atomic E-state index is 8.25. The molecule has 0 heterocycles. The summed E-state index contributed by atoms with van der Waals surface area (Å²) in [4.78, 5) is 0. The van der Waals surface area contributed by atoms with Crippen molar-refractivity contribution in [2.45, 2.75) is 19.8 Å². The van der Waals surface area contributed by atoms with E-state index in [-0.39, 0.29) is 29.6 Å². The zero-order chi connectivity index (χ0) is 6.12. The summed E-state index contributed by atoms with van der Waals surface area (Å²) in [5, 5.41) is 8.25. The molecule has 0 aliphatic heterocycles. The molecule has 8 heavy (non-hydrogen) atoms. The molecule has 0 aromatic heterocycles. The molecule has 0 aliphatic rings. The molecule has 0 aromatic rings. The smallest absolute Gasteiger partial charge is 0.857 e. The number of hydrogen-bond acceptors (Lipinski definition) is 2. The van der Waals surface area contributed by atoms with E-state index < -0.39 is 0 Å². The van der Waals surface area contributed by atoms with Crippen LogP contribution >= 0.6 is 0 Å². The standard InChI is InChI=1S/C4H11N.CH3O.Na/c1-2-3-4-5;1-2;/h2-5H2,1H3;1H3;/q;-1;+1. The Balaban J connectivity index is -0.0000000750. The molecule has 0 aromatic carbocycles. The fraction of sp³-hybridized carbons (Fsp3) is 1.00. The Labute approximate surface area is 73.8 Å². The Hall–Kier alpha value is 0.920. The average Bonchev–Trinajstić information content (AvgIpc) is 1.75. The molecule has 0 rings (SSSR count). The van der Waals surface area contributed by atoms with Crippen LogP contribution in [0.4, 0.5) is 0 Å². The van der Waals surface area contributed by atoms with Gasteiger partial charge in [0.05, 0.1) is 0 Å². The summed E-state index contributed by atoms with van der Waals surface area (Å²) in [6.07, 6.45) is 2.39. The summed E-state index contributed by atoms with van der Waals surface area (Å²) in [7, 11) is 0.750. The van der Waals surface area contributed by atoms with Gasteiger partial charge in [-0.1, -0.05) is 13.3 Å². The Bertz CT molecular complexity index is 19.9. The predicted molar refractivity (Wildman–Crippen MR) is 29.9 cm³/mol. The van der Waals surface area contributed by atoms with E-state index >= 15 is 0 Å². The van der Waals surface area contributed by atoms with Crippen LogP contribution in [0.3, 0.4) is 0 Å². The molecule has 0 atom stereocenters. The van der Waals surface area contributed by atoms with Gasteiger partial charge < -0.3 is 10.8 Å². The quantitative estimate of drug-likeness (QED) is 0.396. The van der Waals surface area contributed by atoms with Crippen LogP contribution in [0, 0.1) is 0 Å². The van der Waals surface area contributed by atoms with Crippen LogP contribution in [0.15, 0.2) is 0 Å². The number of rotatable bonds is 2. The predicted octanol–water partition coefficient (Wildman–Crippen LogP) is -3.27. The zero-order valence-corrected chi connectivity index (χ0v) is 8.11. The van der Waals surface area contributed by atoms with Crippen LogP contribution in [-0.2, 0) is 0 Å². The molecular weight excluding hydrogens is 113 g/mol. The number of nitrogens with two attached hydrogens (primary N) is 1. The van der Waals surface area contributed by atoms with Gasteiger partial charge in [0.1, 0.15) is 0 Å². The molecule has 3 heteroatoms. The van der Waals surface area contributed by atoms with E-state index in [2.05, 4.69) is 6.92 Å². The maximum Gasteiger partial charge on any atom is 1.00 e. The summed E-state index contributed by atoms with van der Waals surface area (Å²) in [6, 6.07) is 0. The van der Waals surface area contributed by atoms with E-state index in [1.54, 1.807) is 0 Å². The first-order chi connectivity index (χ1) is 3.41. The van der Waals surface area contributed by atoms with Crippen molar-refractivity contribution in [1.82, 2.24) is 0 Å². The third-order valence-corrected chi connectivity index (χ3v) is 0.558. The minimum atomic E-state index is 0. The summed E-state index contributed by atoms with van der Waals surface area (Å²) < 4.78 is 0. The van der Waals surface area contributed by atoms with Crippen molar-refractivity contribution in [3.63, 3.8) is 0 Å². The molecule has 0 saturated heterocycles. The van der Waals surface area contributed by atoms with Gasteiger partial charge >= 0.3 is 29.6 Å². The van der Waals surface area contributed by atoms with Crippen LogP contribution in [-0.4, -0.2) is 13.7 Å². The van der Waals surface area contributed by atoms with Gasteiger partial charge in [-0.05, 0) is 13.0 Å². The summed E-state index contributed by atoms with van der Waals surface area (Å²) >= 11 is 0.